The largest absolute Gasteiger partial charge is 0.238 e. The highest BCUT2D eigenvalue weighted by atomic mass is 32.2. The van der Waals surface area contributed by atoms with Gasteiger partial charge in [-0.05, 0) is 12.1 Å². The van der Waals surface area contributed by atoms with Gasteiger partial charge in [0.25, 0.3) is 0 Å². The summed E-state index contributed by atoms with van der Waals surface area (Å²) >= 11 is 0. The maximum Gasteiger partial charge on any atom is 0.238 e. The van der Waals surface area contributed by atoms with Crippen molar-refractivity contribution in [2.75, 3.05) is 0 Å². The molecule has 0 aliphatic heterocycles. The van der Waals surface area contributed by atoms with E-state index in [-0.39, 0.29) is 4.90 Å². The molecule has 2 radical (unpaired) electrons. The molecule has 0 fully saturated rings. The second-order valence-corrected chi connectivity index (χ2v) is 3.95. The molecule has 0 unspecified atom stereocenters. The van der Waals surface area contributed by atoms with Crippen molar-refractivity contribution in [3.63, 3.8) is 0 Å². The minimum Gasteiger partial charge on any atom is -0.225 e. The fourth-order valence-electron chi connectivity index (χ4n) is 0.815. The summed E-state index contributed by atoms with van der Waals surface area (Å²) < 4.78 is 21.6. The van der Waals surface area contributed by atoms with Crippen molar-refractivity contribution in [2.24, 2.45) is 5.14 Å². The van der Waals surface area contributed by atoms with Crippen molar-refractivity contribution < 1.29 is 8.42 Å². The molecule has 0 bridgehead atoms. The van der Waals surface area contributed by atoms with Gasteiger partial charge in [0.2, 0.25) is 10.0 Å². The molecule has 5 heteroatoms. The molecule has 0 aromatic heterocycles. The number of benzene rings is 1. The predicted octanol–water partition coefficient (Wildman–Crippen LogP) is 0.00250. The van der Waals surface area contributed by atoms with Crippen molar-refractivity contribution in [1.29, 1.82) is 0 Å². The van der Waals surface area contributed by atoms with E-state index in [0.717, 1.165) is 5.56 Å². The monoisotopic (exact) mass is 181 g/mol. The first-order valence-electron chi connectivity index (χ1n) is 3.36. The Morgan fingerprint density at radius 2 is 1.75 bits per heavy atom. The molecule has 0 spiro atoms. The third kappa shape index (κ3) is 2.09. The van der Waals surface area contributed by atoms with E-state index >= 15 is 0 Å². The van der Waals surface area contributed by atoms with E-state index in [9.17, 15) is 8.42 Å². The van der Waals surface area contributed by atoms with Crippen molar-refractivity contribution in [3.8, 4) is 0 Å². The Bertz CT molecular complexity index is 357. The summed E-state index contributed by atoms with van der Waals surface area (Å²) in [5, 5.41) is 4.89. The van der Waals surface area contributed by atoms with Gasteiger partial charge in [-0.1, -0.05) is 24.0 Å². The molecular weight excluding hydrogens is 173 g/mol. The van der Waals surface area contributed by atoms with Gasteiger partial charge in [-0.2, -0.15) is 0 Å². The molecule has 0 saturated heterocycles. The van der Waals surface area contributed by atoms with E-state index in [1.54, 1.807) is 12.1 Å². The maximum absolute atomic E-state index is 10.8. The highest BCUT2D eigenvalue weighted by molar-refractivity contribution is 7.89. The zero-order valence-corrected chi connectivity index (χ0v) is 7.21. The van der Waals surface area contributed by atoms with Gasteiger partial charge >= 0.3 is 0 Å². The quantitative estimate of drug-likeness (QED) is 0.653. The Balaban J connectivity index is 3.09. The number of hydrogen-bond donors (Lipinski definition) is 1. The molecule has 0 saturated carbocycles. The third-order valence-corrected chi connectivity index (χ3v) is 2.42. The Morgan fingerprint density at radius 1 is 1.25 bits per heavy atom. The summed E-state index contributed by atoms with van der Waals surface area (Å²) in [6, 6.07) is 6.16. The molecule has 0 heterocycles. The summed E-state index contributed by atoms with van der Waals surface area (Å²) in [6.45, 7) is 0. The minimum atomic E-state index is -3.57. The van der Waals surface area contributed by atoms with Gasteiger partial charge in [-0.25, -0.2) is 13.6 Å². The average molecular weight is 181 g/mol. The maximum atomic E-state index is 10.8. The van der Waals surface area contributed by atoms with E-state index in [4.69, 9.17) is 13.0 Å². The molecule has 12 heavy (non-hydrogen) atoms. The number of primary sulfonamides is 1. The number of sulfonamides is 1. The lowest BCUT2D eigenvalue weighted by molar-refractivity contribution is 0.598. The molecule has 1 rings (SSSR count). The lowest BCUT2D eigenvalue weighted by atomic mass is 9.97. The van der Waals surface area contributed by atoms with Crippen molar-refractivity contribution in [2.45, 2.75) is 11.2 Å². The van der Waals surface area contributed by atoms with Crippen LogP contribution in [0.3, 0.4) is 0 Å². The first-order valence-corrected chi connectivity index (χ1v) is 4.90. The molecule has 0 aliphatic carbocycles. The van der Waals surface area contributed by atoms with E-state index < -0.39 is 10.0 Å². The van der Waals surface area contributed by atoms with Crippen LogP contribution in [-0.4, -0.2) is 16.3 Å². The molecule has 62 valence electrons. The van der Waals surface area contributed by atoms with Crippen LogP contribution in [0.1, 0.15) is 5.56 Å². The minimum absolute atomic E-state index is 0.111. The van der Waals surface area contributed by atoms with Gasteiger partial charge in [0.15, 0.2) is 0 Å². The summed E-state index contributed by atoms with van der Waals surface area (Å²) in [7, 11) is 1.76. The molecule has 1 aromatic carbocycles. The molecule has 1 aromatic rings. The van der Waals surface area contributed by atoms with E-state index in [1.165, 1.54) is 12.1 Å². The second-order valence-electron chi connectivity index (χ2n) is 2.39. The molecule has 0 aliphatic rings. The van der Waals surface area contributed by atoms with E-state index in [1.807, 2.05) is 0 Å². The first-order chi connectivity index (χ1) is 5.54. The summed E-state index contributed by atoms with van der Waals surface area (Å²) in [5.74, 6) is 0. The predicted molar refractivity (Wildman–Crippen MR) is 47.3 cm³/mol. The van der Waals surface area contributed by atoms with Crippen LogP contribution >= 0.6 is 0 Å². The van der Waals surface area contributed by atoms with Crippen molar-refractivity contribution in [3.05, 3.63) is 29.8 Å². The highest BCUT2D eigenvalue weighted by Crippen LogP contribution is 2.07. The molecule has 0 amide bonds. The zero-order chi connectivity index (χ0) is 9.19. The van der Waals surface area contributed by atoms with Gasteiger partial charge in [0, 0.05) is 0 Å². The van der Waals surface area contributed by atoms with E-state index in [2.05, 4.69) is 0 Å². The van der Waals surface area contributed by atoms with Crippen LogP contribution in [0.15, 0.2) is 29.2 Å². The smallest absolute Gasteiger partial charge is 0.225 e. The van der Waals surface area contributed by atoms with Crippen LogP contribution in [0.25, 0.3) is 0 Å². The van der Waals surface area contributed by atoms with Crippen LogP contribution in [0.4, 0.5) is 0 Å². The Hall–Kier alpha value is -0.805. The normalized spacial score (nSPS) is 11.4. The Morgan fingerprint density at radius 3 is 2.08 bits per heavy atom. The van der Waals surface area contributed by atoms with Gasteiger partial charge in [0.1, 0.15) is 0 Å². The van der Waals surface area contributed by atoms with Crippen LogP contribution in [0.2, 0.25) is 0 Å². The standard InChI is InChI=1S/C7H8BNO2S/c8-5-6-1-3-7(4-2-6)12(9,10)11/h1-4H,5H2,(H2,9,10,11). The summed E-state index contributed by atoms with van der Waals surface area (Å²) in [6.07, 6.45) is 0.394. The molecule has 2 N–H and O–H groups in total. The third-order valence-electron chi connectivity index (χ3n) is 1.49. The number of nitrogens with two attached hydrogens (primary N) is 1. The molecular formula is C7H8BNO2S. The summed E-state index contributed by atoms with van der Waals surface area (Å²) in [4.78, 5) is 0.111. The van der Waals surface area contributed by atoms with Crippen molar-refractivity contribution in [1.82, 2.24) is 0 Å². The Labute approximate surface area is 73.0 Å². The van der Waals surface area contributed by atoms with Gasteiger partial charge in [0.05, 0.1) is 12.7 Å². The van der Waals surface area contributed by atoms with Gasteiger partial charge in [-0.15, -0.1) is 0 Å². The van der Waals surface area contributed by atoms with Crippen LogP contribution in [0.5, 0.6) is 0 Å². The van der Waals surface area contributed by atoms with Crippen LogP contribution < -0.4 is 5.14 Å². The average Bonchev–Trinajstić information content (AvgIpc) is 2.03. The van der Waals surface area contributed by atoms with E-state index in [0.29, 0.717) is 6.32 Å². The fraction of sp³-hybridized carbons (Fsp3) is 0.143. The highest BCUT2D eigenvalue weighted by Gasteiger charge is 2.05. The SMILES string of the molecule is [B]Cc1ccc(S(N)(=O)=O)cc1. The summed E-state index contributed by atoms with van der Waals surface area (Å²) in [5.41, 5.74) is 0.877. The second kappa shape index (κ2) is 3.29. The zero-order valence-electron chi connectivity index (χ0n) is 6.40. The van der Waals surface area contributed by atoms with Gasteiger partial charge < -0.3 is 0 Å². The molecule has 3 nitrogen and oxygen atoms in total. The topological polar surface area (TPSA) is 60.2 Å². The van der Waals surface area contributed by atoms with Crippen LogP contribution in [-0.2, 0) is 16.3 Å². The lowest BCUT2D eigenvalue weighted by Gasteiger charge is -1.98. The first kappa shape index (κ1) is 9.28. The lowest BCUT2D eigenvalue weighted by Crippen LogP contribution is -2.11. The molecule has 0 atom stereocenters. The van der Waals surface area contributed by atoms with Crippen LogP contribution in [0, 0.1) is 0 Å². The Kier molecular flexibility index (Phi) is 2.54. The fourth-order valence-corrected chi connectivity index (χ4v) is 1.33. The number of hydrogen-bond acceptors (Lipinski definition) is 2. The van der Waals surface area contributed by atoms with Crippen molar-refractivity contribution >= 4 is 17.9 Å². The van der Waals surface area contributed by atoms with Gasteiger partial charge in [-0.3, -0.25) is 0 Å². The number of rotatable bonds is 2.